The first kappa shape index (κ1) is 13.5. The third kappa shape index (κ3) is 3.53. The lowest BCUT2D eigenvalue weighted by atomic mass is 9.99. The maximum absolute atomic E-state index is 5.96. The molecule has 5 heteroatoms. The first-order valence-corrected chi connectivity index (χ1v) is 6.85. The molecule has 0 radical (unpaired) electrons. The largest absolute Gasteiger partial charge is 0.339 e. The Morgan fingerprint density at radius 1 is 1.50 bits per heavy atom. The number of piperidine rings is 1. The zero-order chi connectivity index (χ0) is 13.1. The molecule has 0 aliphatic carbocycles. The van der Waals surface area contributed by atoms with Gasteiger partial charge in [-0.1, -0.05) is 19.0 Å². The average molecular weight is 252 g/mol. The number of hydrogen-bond donors (Lipinski definition) is 1. The Morgan fingerprint density at radius 2 is 2.28 bits per heavy atom. The second kappa shape index (κ2) is 5.80. The molecular formula is C13H24N4O. The van der Waals surface area contributed by atoms with Crippen molar-refractivity contribution in [3.63, 3.8) is 0 Å². The molecule has 0 amide bonds. The van der Waals surface area contributed by atoms with Gasteiger partial charge in [0.2, 0.25) is 5.89 Å². The van der Waals surface area contributed by atoms with Crippen LogP contribution in [0.25, 0.3) is 0 Å². The standard InChI is InChI=1S/C13H24N4O/c1-9(2)6-13-15-12(16-18-13)8-17-5-4-11(14)7-10(17)3/h9-11H,4-8,14H2,1-3H3. The summed E-state index contributed by atoms with van der Waals surface area (Å²) in [5.74, 6) is 2.10. The molecule has 0 saturated carbocycles. The van der Waals surface area contributed by atoms with Crippen molar-refractivity contribution in [2.75, 3.05) is 6.54 Å². The van der Waals surface area contributed by atoms with Crippen LogP contribution < -0.4 is 5.73 Å². The smallest absolute Gasteiger partial charge is 0.226 e. The van der Waals surface area contributed by atoms with Gasteiger partial charge in [0.25, 0.3) is 0 Å². The van der Waals surface area contributed by atoms with E-state index in [9.17, 15) is 0 Å². The number of nitrogens with two attached hydrogens (primary N) is 1. The van der Waals surface area contributed by atoms with E-state index in [2.05, 4.69) is 35.8 Å². The summed E-state index contributed by atoms with van der Waals surface area (Å²) >= 11 is 0. The van der Waals surface area contributed by atoms with Gasteiger partial charge in [-0.15, -0.1) is 0 Å². The SMILES string of the molecule is CC(C)Cc1nc(CN2CCC(N)CC2C)no1. The van der Waals surface area contributed by atoms with E-state index in [-0.39, 0.29) is 0 Å². The third-order valence-electron chi connectivity index (χ3n) is 3.49. The van der Waals surface area contributed by atoms with Gasteiger partial charge in [-0.3, -0.25) is 4.90 Å². The first-order valence-electron chi connectivity index (χ1n) is 6.85. The summed E-state index contributed by atoms with van der Waals surface area (Å²) in [5.41, 5.74) is 5.96. The zero-order valence-electron chi connectivity index (χ0n) is 11.6. The van der Waals surface area contributed by atoms with Crippen LogP contribution in [-0.4, -0.2) is 33.7 Å². The molecule has 0 aromatic carbocycles. The second-order valence-electron chi connectivity index (χ2n) is 5.81. The highest BCUT2D eigenvalue weighted by atomic mass is 16.5. The highest BCUT2D eigenvalue weighted by Gasteiger charge is 2.24. The van der Waals surface area contributed by atoms with E-state index < -0.39 is 0 Å². The highest BCUT2D eigenvalue weighted by Crippen LogP contribution is 2.18. The minimum Gasteiger partial charge on any atom is -0.339 e. The average Bonchev–Trinajstić information content (AvgIpc) is 2.69. The van der Waals surface area contributed by atoms with E-state index in [1.807, 2.05) is 0 Å². The lowest BCUT2D eigenvalue weighted by Crippen LogP contribution is -2.45. The number of aromatic nitrogens is 2. The number of likely N-dealkylation sites (tertiary alicyclic amines) is 1. The Hall–Kier alpha value is -0.940. The summed E-state index contributed by atoms with van der Waals surface area (Å²) in [4.78, 5) is 6.83. The van der Waals surface area contributed by atoms with Gasteiger partial charge in [-0.25, -0.2) is 0 Å². The molecule has 18 heavy (non-hydrogen) atoms. The highest BCUT2D eigenvalue weighted by molar-refractivity contribution is 4.90. The molecule has 5 nitrogen and oxygen atoms in total. The van der Waals surface area contributed by atoms with Crippen LogP contribution in [0.5, 0.6) is 0 Å². The summed E-state index contributed by atoms with van der Waals surface area (Å²) in [5, 5.41) is 4.06. The fourth-order valence-electron chi connectivity index (χ4n) is 2.46. The van der Waals surface area contributed by atoms with Crippen molar-refractivity contribution >= 4 is 0 Å². The van der Waals surface area contributed by atoms with Gasteiger partial charge in [0.1, 0.15) is 0 Å². The second-order valence-corrected chi connectivity index (χ2v) is 5.81. The molecule has 1 fully saturated rings. The minimum atomic E-state index is 0.345. The summed E-state index contributed by atoms with van der Waals surface area (Å²) in [7, 11) is 0. The number of hydrogen-bond acceptors (Lipinski definition) is 5. The minimum absolute atomic E-state index is 0.345. The molecule has 1 aromatic rings. The van der Waals surface area contributed by atoms with Crippen molar-refractivity contribution in [2.24, 2.45) is 11.7 Å². The Labute approximate surface area is 109 Å². The maximum Gasteiger partial charge on any atom is 0.226 e. The molecule has 1 aliphatic heterocycles. The van der Waals surface area contributed by atoms with Crippen LogP contribution in [0, 0.1) is 5.92 Å². The molecule has 102 valence electrons. The van der Waals surface area contributed by atoms with Crippen molar-refractivity contribution in [3.05, 3.63) is 11.7 Å². The number of nitrogens with zero attached hydrogens (tertiary/aromatic N) is 3. The van der Waals surface area contributed by atoms with Gasteiger partial charge in [0, 0.05) is 25.0 Å². The summed E-state index contributed by atoms with van der Waals surface area (Å²) in [6.45, 7) is 8.32. The van der Waals surface area contributed by atoms with Gasteiger partial charge in [0.05, 0.1) is 6.54 Å². The Kier molecular flexibility index (Phi) is 4.35. The predicted molar refractivity (Wildman–Crippen MR) is 69.9 cm³/mol. The van der Waals surface area contributed by atoms with E-state index in [0.29, 0.717) is 18.0 Å². The van der Waals surface area contributed by atoms with Crippen molar-refractivity contribution in [1.82, 2.24) is 15.0 Å². The van der Waals surface area contributed by atoms with Crippen molar-refractivity contribution in [3.8, 4) is 0 Å². The maximum atomic E-state index is 5.96. The molecule has 2 rings (SSSR count). The molecule has 1 aliphatic rings. The van der Waals surface area contributed by atoms with E-state index in [4.69, 9.17) is 10.3 Å². The van der Waals surface area contributed by atoms with Gasteiger partial charge < -0.3 is 10.3 Å². The molecule has 1 aromatic heterocycles. The first-order chi connectivity index (χ1) is 8.54. The van der Waals surface area contributed by atoms with E-state index in [1.54, 1.807) is 0 Å². The number of rotatable bonds is 4. The van der Waals surface area contributed by atoms with Crippen LogP contribution in [0.15, 0.2) is 4.52 Å². The Morgan fingerprint density at radius 3 is 2.94 bits per heavy atom. The van der Waals surface area contributed by atoms with Crippen molar-refractivity contribution in [2.45, 2.75) is 58.7 Å². The zero-order valence-corrected chi connectivity index (χ0v) is 11.6. The van der Waals surface area contributed by atoms with Gasteiger partial charge in [0.15, 0.2) is 5.82 Å². The van der Waals surface area contributed by atoms with Crippen LogP contribution in [-0.2, 0) is 13.0 Å². The normalized spacial score (nSPS) is 25.8. The summed E-state index contributed by atoms with van der Waals surface area (Å²) in [6.07, 6.45) is 2.96. The van der Waals surface area contributed by atoms with Gasteiger partial charge in [-0.2, -0.15) is 4.98 Å². The monoisotopic (exact) mass is 252 g/mol. The molecule has 0 spiro atoms. The van der Waals surface area contributed by atoms with Crippen LogP contribution in [0.1, 0.15) is 45.3 Å². The van der Waals surface area contributed by atoms with Crippen LogP contribution in [0.2, 0.25) is 0 Å². The molecule has 0 bridgehead atoms. The molecule has 2 unspecified atom stereocenters. The van der Waals surface area contributed by atoms with Crippen molar-refractivity contribution < 1.29 is 4.52 Å². The Bertz CT molecular complexity index is 377. The quantitative estimate of drug-likeness (QED) is 0.881. The van der Waals surface area contributed by atoms with E-state index in [0.717, 1.165) is 44.1 Å². The third-order valence-corrected chi connectivity index (χ3v) is 3.49. The van der Waals surface area contributed by atoms with Crippen LogP contribution in [0.4, 0.5) is 0 Å². The molecule has 2 atom stereocenters. The fraction of sp³-hybridized carbons (Fsp3) is 0.846. The predicted octanol–water partition coefficient (Wildman–Crippen LogP) is 1.58. The Balaban J connectivity index is 1.91. The van der Waals surface area contributed by atoms with Crippen molar-refractivity contribution in [1.29, 1.82) is 0 Å². The summed E-state index contributed by atoms with van der Waals surface area (Å²) in [6, 6.07) is 0.846. The van der Waals surface area contributed by atoms with E-state index in [1.165, 1.54) is 0 Å². The lowest BCUT2D eigenvalue weighted by Gasteiger charge is -2.35. The summed E-state index contributed by atoms with van der Waals surface area (Å²) < 4.78 is 5.26. The van der Waals surface area contributed by atoms with Crippen LogP contribution >= 0.6 is 0 Å². The molecule has 2 N–H and O–H groups in total. The molecule has 1 saturated heterocycles. The topological polar surface area (TPSA) is 68.2 Å². The van der Waals surface area contributed by atoms with Crippen LogP contribution in [0.3, 0.4) is 0 Å². The molecular weight excluding hydrogens is 228 g/mol. The van der Waals surface area contributed by atoms with Gasteiger partial charge >= 0.3 is 0 Å². The molecule has 2 heterocycles. The van der Waals surface area contributed by atoms with E-state index >= 15 is 0 Å². The fourth-order valence-corrected chi connectivity index (χ4v) is 2.46. The lowest BCUT2D eigenvalue weighted by molar-refractivity contribution is 0.135. The van der Waals surface area contributed by atoms with Gasteiger partial charge in [-0.05, 0) is 25.7 Å².